The SMILES string of the molecule is C=CC(=O)OCCCOc1ccccc1CCC. The number of hydrogen-bond acceptors (Lipinski definition) is 3. The van der Waals surface area contributed by atoms with E-state index in [1.807, 2.05) is 18.2 Å². The predicted molar refractivity (Wildman–Crippen MR) is 71.7 cm³/mol. The Labute approximate surface area is 108 Å². The summed E-state index contributed by atoms with van der Waals surface area (Å²) in [6.07, 6.45) is 3.95. The summed E-state index contributed by atoms with van der Waals surface area (Å²) in [5, 5.41) is 0. The van der Waals surface area contributed by atoms with E-state index in [2.05, 4.69) is 19.6 Å². The minimum Gasteiger partial charge on any atom is -0.493 e. The van der Waals surface area contributed by atoms with Crippen molar-refractivity contribution in [1.29, 1.82) is 0 Å². The van der Waals surface area contributed by atoms with Crippen molar-refractivity contribution in [2.45, 2.75) is 26.2 Å². The van der Waals surface area contributed by atoms with Crippen LogP contribution >= 0.6 is 0 Å². The molecule has 0 saturated heterocycles. The highest BCUT2D eigenvalue weighted by molar-refractivity contribution is 5.81. The van der Waals surface area contributed by atoms with Crippen molar-refractivity contribution in [1.82, 2.24) is 0 Å². The Hall–Kier alpha value is -1.77. The number of aryl methyl sites for hydroxylation is 1. The normalized spacial score (nSPS) is 9.83. The molecule has 0 aliphatic rings. The highest BCUT2D eigenvalue weighted by atomic mass is 16.5. The molecule has 0 aliphatic heterocycles. The average molecular weight is 248 g/mol. The maximum absolute atomic E-state index is 10.8. The molecule has 0 aliphatic carbocycles. The van der Waals surface area contributed by atoms with E-state index in [0.717, 1.165) is 24.7 Å². The Morgan fingerprint density at radius 3 is 2.83 bits per heavy atom. The van der Waals surface area contributed by atoms with Crippen molar-refractivity contribution < 1.29 is 14.3 Å². The van der Waals surface area contributed by atoms with Gasteiger partial charge in [0.1, 0.15) is 5.75 Å². The molecular formula is C15H20O3. The number of benzene rings is 1. The fourth-order valence-electron chi connectivity index (χ4n) is 1.59. The van der Waals surface area contributed by atoms with E-state index in [1.165, 1.54) is 5.56 Å². The molecule has 18 heavy (non-hydrogen) atoms. The van der Waals surface area contributed by atoms with Crippen LogP contribution in [0, 0.1) is 0 Å². The fraction of sp³-hybridized carbons (Fsp3) is 0.400. The second-order valence-electron chi connectivity index (χ2n) is 3.93. The maximum atomic E-state index is 10.8. The summed E-state index contributed by atoms with van der Waals surface area (Å²) in [5.74, 6) is 0.538. The molecule has 0 bridgehead atoms. The number of esters is 1. The minimum atomic E-state index is -0.388. The molecule has 0 saturated carbocycles. The van der Waals surface area contributed by atoms with Crippen LogP contribution < -0.4 is 4.74 Å². The van der Waals surface area contributed by atoms with Crippen LogP contribution in [0.4, 0.5) is 0 Å². The van der Waals surface area contributed by atoms with Gasteiger partial charge in [0.15, 0.2) is 0 Å². The molecule has 1 aromatic rings. The lowest BCUT2D eigenvalue weighted by molar-refractivity contribution is -0.137. The molecule has 98 valence electrons. The first-order valence-electron chi connectivity index (χ1n) is 6.27. The largest absolute Gasteiger partial charge is 0.493 e. The van der Waals surface area contributed by atoms with Crippen molar-refractivity contribution in [2.24, 2.45) is 0 Å². The van der Waals surface area contributed by atoms with Gasteiger partial charge in [0.2, 0.25) is 0 Å². The van der Waals surface area contributed by atoms with Crippen LogP contribution in [0.15, 0.2) is 36.9 Å². The lowest BCUT2D eigenvalue weighted by Gasteiger charge is -2.10. The topological polar surface area (TPSA) is 35.5 Å². The average Bonchev–Trinajstić information content (AvgIpc) is 2.40. The van der Waals surface area contributed by atoms with Gasteiger partial charge >= 0.3 is 5.97 Å². The van der Waals surface area contributed by atoms with Gasteiger partial charge in [-0.05, 0) is 18.1 Å². The molecule has 3 heteroatoms. The third-order valence-corrected chi connectivity index (χ3v) is 2.45. The first-order valence-corrected chi connectivity index (χ1v) is 6.27. The molecule has 0 heterocycles. The van der Waals surface area contributed by atoms with E-state index < -0.39 is 0 Å². The Morgan fingerprint density at radius 1 is 1.33 bits per heavy atom. The number of carbonyl (C=O) groups is 1. The number of rotatable bonds is 8. The number of para-hydroxylation sites is 1. The van der Waals surface area contributed by atoms with Crippen LogP contribution in [0.1, 0.15) is 25.3 Å². The standard InChI is InChI=1S/C15H20O3/c1-3-8-13-9-5-6-10-14(13)17-11-7-12-18-15(16)4-2/h4-6,9-10H,2-3,7-8,11-12H2,1H3. The molecule has 3 nitrogen and oxygen atoms in total. The summed E-state index contributed by atoms with van der Waals surface area (Å²) in [6.45, 7) is 6.39. The highest BCUT2D eigenvalue weighted by Crippen LogP contribution is 2.19. The quantitative estimate of drug-likeness (QED) is 0.403. The summed E-state index contributed by atoms with van der Waals surface area (Å²) >= 11 is 0. The zero-order valence-corrected chi connectivity index (χ0v) is 10.9. The first kappa shape index (κ1) is 14.3. The third kappa shape index (κ3) is 5.04. The van der Waals surface area contributed by atoms with Crippen LogP contribution in [-0.2, 0) is 16.0 Å². The highest BCUT2D eigenvalue weighted by Gasteiger charge is 2.02. The summed E-state index contributed by atoms with van der Waals surface area (Å²) in [5.41, 5.74) is 1.23. The van der Waals surface area contributed by atoms with Crippen molar-refractivity contribution in [2.75, 3.05) is 13.2 Å². The van der Waals surface area contributed by atoms with Crippen molar-refractivity contribution in [3.63, 3.8) is 0 Å². The van der Waals surface area contributed by atoms with Gasteiger partial charge in [0.05, 0.1) is 13.2 Å². The molecule has 0 aromatic heterocycles. The van der Waals surface area contributed by atoms with Crippen molar-refractivity contribution in [3.05, 3.63) is 42.5 Å². The first-order chi connectivity index (χ1) is 8.77. The summed E-state index contributed by atoms with van der Waals surface area (Å²) in [7, 11) is 0. The lowest BCUT2D eigenvalue weighted by atomic mass is 10.1. The van der Waals surface area contributed by atoms with Gasteiger partial charge < -0.3 is 9.47 Å². The molecule has 0 amide bonds. The Kier molecular flexibility index (Phi) is 6.62. The van der Waals surface area contributed by atoms with E-state index in [9.17, 15) is 4.79 Å². The molecular weight excluding hydrogens is 228 g/mol. The van der Waals surface area contributed by atoms with Gasteiger partial charge in [-0.1, -0.05) is 38.1 Å². The van der Waals surface area contributed by atoms with Gasteiger partial charge in [0.25, 0.3) is 0 Å². The molecule has 0 unspecified atom stereocenters. The fourth-order valence-corrected chi connectivity index (χ4v) is 1.59. The van der Waals surface area contributed by atoms with Crippen LogP contribution in [0.25, 0.3) is 0 Å². The van der Waals surface area contributed by atoms with E-state index in [4.69, 9.17) is 9.47 Å². The second kappa shape index (κ2) is 8.34. The summed E-state index contributed by atoms with van der Waals surface area (Å²) < 4.78 is 10.6. The minimum absolute atomic E-state index is 0.362. The van der Waals surface area contributed by atoms with Gasteiger partial charge in [0, 0.05) is 12.5 Å². The summed E-state index contributed by atoms with van der Waals surface area (Å²) in [6, 6.07) is 8.03. The lowest BCUT2D eigenvalue weighted by Crippen LogP contribution is -2.07. The number of ether oxygens (including phenoxy) is 2. The molecule has 0 radical (unpaired) electrons. The van der Waals surface area contributed by atoms with Gasteiger partial charge in [-0.3, -0.25) is 0 Å². The maximum Gasteiger partial charge on any atom is 0.330 e. The molecule has 0 atom stereocenters. The van der Waals surface area contributed by atoms with Gasteiger partial charge in [-0.2, -0.15) is 0 Å². The van der Waals surface area contributed by atoms with Gasteiger partial charge in [-0.25, -0.2) is 4.79 Å². The Morgan fingerprint density at radius 2 is 2.11 bits per heavy atom. The Balaban J connectivity index is 2.30. The second-order valence-corrected chi connectivity index (χ2v) is 3.93. The van der Waals surface area contributed by atoms with Crippen LogP contribution in [0.3, 0.4) is 0 Å². The van der Waals surface area contributed by atoms with Crippen molar-refractivity contribution >= 4 is 5.97 Å². The van der Waals surface area contributed by atoms with E-state index in [-0.39, 0.29) is 5.97 Å². The van der Waals surface area contributed by atoms with E-state index in [1.54, 1.807) is 0 Å². The van der Waals surface area contributed by atoms with Crippen LogP contribution in [-0.4, -0.2) is 19.2 Å². The third-order valence-electron chi connectivity index (χ3n) is 2.45. The zero-order chi connectivity index (χ0) is 13.2. The molecule has 0 N–H and O–H groups in total. The monoisotopic (exact) mass is 248 g/mol. The smallest absolute Gasteiger partial charge is 0.330 e. The summed E-state index contributed by atoms with van der Waals surface area (Å²) in [4.78, 5) is 10.8. The number of carbonyl (C=O) groups excluding carboxylic acids is 1. The number of hydrogen-bond donors (Lipinski definition) is 0. The van der Waals surface area contributed by atoms with E-state index in [0.29, 0.717) is 19.6 Å². The van der Waals surface area contributed by atoms with E-state index >= 15 is 0 Å². The van der Waals surface area contributed by atoms with Crippen molar-refractivity contribution in [3.8, 4) is 5.75 Å². The predicted octanol–water partition coefficient (Wildman–Crippen LogP) is 3.14. The van der Waals surface area contributed by atoms with Crippen LogP contribution in [0.2, 0.25) is 0 Å². The van der Waals surface area contributed by atoms with Gasteiger partial charge in [-0.15, -0.1) is 0 Å². The zero-order valence-electron chi connectivity index (χ0n) is 10.9. The molecule has 1 rings (SSSR count). The molecule has 0 spiro atoms. The Bertz CT molecular complexity index is 385. The van der Waals surface area contributed by atoms with Crippen LogP contribution in [0.5, 0.6) is 5.75 Å². The molecule has 1 aromatic carbocycles. The molecule has 0 fully saturated rings.